The van der Waals surface area contributed by atoms with Gasteiger partial charge in [-0.1, -0.05) is 5.16 Å². The average Bonchev–Trinajstić information content (AvgIpc) is 3.01. The van der Waals surface area contributed by atoms with Gasteiger partial charge in [0.2, 0.25) is 11.8 Å². The van der Waals surface area contributed by atoms with Crippen LogP contribution < -0.4 is 22.1 Å². The van der Waals surface area contributed by atoms with Crippen LogP contribution in [0, 0.1) is 0 Å². The van der Waals surface area contributed by atoms with Crippen LogP contribution in [0.25, 0.3) is 0 Å². The Morgan fingerprint density at radius 1 is 1.35 bits per heavy atom. The fourth-order valence-corrected chi connectivity index (χ4v) is 1.92. The van der Waals surface area contributed by atoms with Crippen molar-refractivity contribution >= 4 is 17.9 Å². The van der Waals surface area contributed by atoms with E-state index in [1.54, 1.807) is 0 Å². The van der Waals surface area contributed by atoms with Crippen molar-refractivity contribution in [3.05, 3.63) is 11.7 Å². The molecule has 0 aliphatic carbocycles. The highest BCUT2D eigenvalue weighted by atomic mass is 16.5. The molecule has 0 radical (unpaired) electrons. The van der Waals surface area contributed by atoms with Gasteiger partial charge < -0.3 is 41.6 Å². The molecular formula is C13H22N6O7. The maximum Gasteiger partial charge on any atom is 0.328 e. The number of amides is 3. The first-order valence-electron chi connectivity index (χ1n) is 7.49. The predicted octanol–water partition coefficient (Wildman–Crippen LogP) is -2.23. The molecule has 146 valence electrons. The molecule has 26 heavy (non-hydrogen) atoms. The molecule has 0 saturated heterocycles. The van der Waals surface area contributed by atoms with E-state index in [0.29, 0.717) is 0 Å². The summed E-state index contributed by atoms with van der Waals surface area (Å²) in [6, 6.07) is -4.35. The fourth-order valence-electron chi connectivity index (χ4n) is 1.92. The number of methoxy groups -OCH3 is 1. The van der Waals surface area contributed by atoms with Crippen molar-refractivity contribution in [3.63, 3.8) is 0 Å². The molecule has 8 N–H and O–H groups in total. The molecule has 13 nitrogen and oxygen atoms in total. The zero-order chi connectivity index (χ0) is 19.9. The minimum atomic E-state index is -1.56. The number of carbonyl (C=O) groups excluding carboxylic acids is 2. The molecule has 3 amide bonds. The average molecular weight is 374 g/mol. The third-order valence-electron chi connectivity index (χ3n) is 3.18. The molecule has 0 fully saturated rings. The number of nitrogens with two attached hydrogens (primary N) is 2. The maximum absolute atomic E-state index is 12.0. The molecule has 2 unspecified atom stereocenters. The van der Waals surface area contributed by atoms with E-state index in [1.807, 2.05) is 0 Å². The van der Waals surface area contributed by atoms with Gasteiger partial charge in [-0.05, 0) is 6.92 Å². The van der Waals surface area contributed by atoms with Crippen LogP contribution in [0.1, 0.15) is 37.1 Å². The second-order valence-electron chi connectivity index (χ2n) is 5.45. The number of nitrogens with zero attached hydrogens (tertiary/aromatic N) is 2. The molecule has 1 heterocycles. The largest absolute Gasteiger partial charge is 0.480 e. The first-order valence-corrected chi connectivity index (χ1v) is 7.49. The van der Waals surface area contributed by atoms with Crippen molar-refractivity contribution in [2.75, 3.05) is 13.7 Å². The molecule has 13 heteroatoms. The molecule has 0 saturated carbocycles. The van der Waals surface area contributed by atoms with Crippen LogP contribution in [0.15, 0.2) is 4.52 Å². The number of hydrogen-bond acceptors (Lipinski definition) is 9. The zero-order valence-electron chi connectivity index (χ0n) is 14.2. The van der Waals surface area contributed by atoms with Gasteiger partial charge in [-0.3, -0.25) is 4.79 Å². The number of carboxylic acid groups (broad SMARTS) is 1. The molecule has 0 spiro atoms. The van der Waals surface area contributed by atoms with Crippen molar-refractivity contribution in [1.82, 2.24) is 20.8 Å². The number of aliphatic hydroxyl groups is 1. The highest BCUT2D eigenvalue weighted by Crippen LogP contribution is 2.17. The SMILES string of the molecule is COC[C@H](N)c1noc([C@H](CC(N)=O)NC(=O)NC(C(=O)O)C(C)O)n1. The van der Waals surface area contributed by atoms with Crippen LogP contribution >= 0.6 is 0 Å². The van der Waals surface area contributed by atoms with Crippen molar-refractivity contribution < 1.29 is 33.9 Å². The van der Waals surface area contributed by atoms with E-state index in [0.717, 1.165) is 0 Å². The summed E-state index contributed by atoms with van der Waals surface area (Å²) >= 11 is 0. The van der Waals surface area contributed by atoms with Crippen LogP contribution in [0.5, 0.6) is 0 Å². The Kier molecular flexibility index (Phi) is 7.89. The van der Waals surface area contributed by atoms with Gasteiger partial charge >= 0.3 is 12.0 Å². The van der Waals surface area contributed by atoms with Crippen LogP contribution in [-0.4, -0.2) is 64.1 Å². The molecule has 1 rings (SSSR count). The number of nitrogens with one attached hydrogen (secondary N) is 2. The summed E-state index contributed by atoms with van der Waals surface area (Å²) in [6.07, 6.45) is -1.74. The summed E-state index contributed by atoms with van der Waals surface area (Å²) in [5.41, 5.74) is 10.9. The molecule has 0 bridgehead atoms. The lowest BCUT2D eigenvalue weighted by atomic mass is 10.2. The van der Waals surface area contributed by atoms with E-state index in [-0.39, 0.29) is 24.7 Å². The van der Waals surface area contributed by atoms with E-state index in [9.17, 15) is 19.5 Å². The van der Waals surface area contributed by atoms with Crippen LogP contribution in [0.2, 0.25) is 0 Å². The van der Waals surface area contributed by atoms with Gasteiger partial charge in [0.1, 0.15) is 6.04 Å². The Morgan fingerprint density at radius 3 is 2.50 bits per heavy atom. The number of primary amides is 1. The molecule has 0 aliphatic heterocycles. The Labute approximate surface area is 148 Å². The number of carboxylic acids is 1. The smallest absolute Gasteiger partial charge is 0.328 e. The summed E-state index contributed by atoms with van der Waals surface area (Å²) in [4.78, 5) is 38.2. The number of rotatable bonds is 10. The van der Waals surface area contributed by atoms with E-state index in [4.69, 9.17) is 25.8 Å². The minimum absolute atomic E-state index is 0.0888. The van der Waals surface area contributed by atoms with Crippen LogP contribution in [0.4, 0.5) is 4.79 Å². The predicted molar refractivity (Wildman–Crippen MR) is 84.4 cm³/mol. The molecule has 0 aliphatic rings. The Balaban J connectivity index is 2.89. The molecule has 1 aromatic heterocycles. The van der Waals surface area contributed by atoms with Gasteiger partial charge in [0.15, 0.2) is 11.9 Å². The van der Waals surface area contributed by atoms with Gasteiger partial charge in [-0.2, -0.15) is 4.98 Å². The lowest BCUT2D eigenvalue weighted by molar-refractivity contribution is -0.141. The Morgan fingerprint density at radius 2 is 2.00 bits per heavy atom. The van der Waals surface area contributed by atoms with Crippen LogP contribution in [-0.2, 0) is 14.3 Å². The highest BCUT2D eigenvalue weighted by molar-refractivity contribution is 5.83. The van der Waals surface area contributed by atoms with E-state index in [2.05, 4.69) is 20.8 Å². The van der Waals surface area contributed by atoms with Gasteiger partial charge in [-0.15, -0.1) is 0 Å². The maximum atomic E-state index is 12.0. The second-order valence-corrected chi connectivity index (χ2v) is 5.45. The number of aromatic nitrogens is 2. The molecule has 0 aromatic carbocycles. The topological polar surface area (TPSA) is 216 Å². The number of hydrogen-bond donors (Lipinski definition) is 6. The van der Waals surface area contributed by atoms with Gasteiger partial charge in [0, 0.05) is 7.11 Å². The number of aliphatic carboxylic acids is 1. The molecule has 4 atom stereocenters. The van der Waals surface area contributed by atoms with Crippen molar-refractivity contribution in [1.29, 1.82) is 0 Å². The number of urea groups is 1. The molecular weight excluding hydrogens is 352 g/mol. The number of ether oxygens (including phenoxy) is 1. The quantitative estimate of drug-likeness (QED) is 0.259. The first-order chi connectivity index (χ1) is 12.1. The van der Waals surface area contributed by atoms with Crippen molar-refractivity contribution in [3.8, 4) is 0 Å². The van der Waals surface area contributed by atoms with Crippen molar-refractivity contribution in [2.45, 2.75) is 37.6 Å². The molecule has 1 aromatic rings. The lowest BCUT2D eigenvalue weighted by Gasteiger charge is -2.19. The minimum Gasteiger partial charge on any atom is -0.480 e. The third-order valence-corrected chi connectivity index (χ3v) is 3.18. The normalized spacial score (nSPS) is 15.5. The second kappa shape index (κ2) is 9.65. The zero-order valence-corrected chi connectivity index (χ0v) is 14.2. The van der Waals surface area contributed by atoms with E-state index in [1.165, 1.54) is 14.0 Å². The summed E-state index contributed by atoms with van der Waals surface area (Å²) < 4.78 is 9.85. The Hall–Kier alpha value is -2.77. The van der Waals surface area contributed by atoms with E-state index >= 15 is 0 Å². The van der Waals surface area contributed by atoms with Gasteiger partial charge in [0.25, 0.3) is 0 Å². The standard InChI is InChI=1S/C13H22N6O7/c1-5(20)9(12(22)23)17-13(24)16-7(3-8(15)21)11-18-10(19-26-11)6(14)4-25-2/h5-7,9,20H,3-4,14H2,1-2H3,(H2,15,21)(H,22,23)(H2,16,17,24)/t5?,6-,7-,9?/m0/s1. The Bertz CT molecular complexity index is 634. The van der Waals surface area contributed by atoms with E-state index < -0.39 is 42.1 Å². The fraction of sp³-hybridized carbons (Fsp3) is 0.615. The van der Waals surface area contributed by atoms with Crippen molar-refractivity contribution in [2.24, 2.45) is 11.5 Å². The van der Waals surface area contributed by atoms with Gasteiger partial charge in [-0.25, -0.2) is 9.59 Å². The monoisotopic (exact) mass is 374 g/mol. The summed E-state index contributed by atoms with van der Waals surface area (Å²) in [5.74, 6) is -2.27. The highest BCUT2D eigenvalue weighted by Gasteiger charge is 2.29. The number of carbonyl (C=O) groups is 3. The summed E-state index contributed by atoms with van der Waals surface area (Å²) in [5, 5.41) is 26.3. The lowest BCUT2D eigenvalue weighted by Crippen LogP contribution is -2.52. The summed E-state index contributed by atoms with van der Waals surface area (Å²) in [6.45, 7) is 1.31. The number of aliphatic hydroxyl groups excluding tert-OH is 1. The first kappa shape index (κ1) is 21.3. The summed E-state index contributed by atoms with van der Waals surface area (Å²) in [7, 11) is 1.43. The van der Waals surface area contributed by atoms with Crippen LogP contribution in [0.3, 0.4) is 0 Å². The third kappa shape index (κ3) is 6.27. The van der Waals surface area contributed by atoms with Gasteiger partial charge in [0.05, 0.1) is 25.2 Å².